The van der Waals surface area contributed by atoms with E-state index in [4.69, 9.17) is 10.9 Å². The third kappa shape index (κ3) is 2.93. The minimum Gasteiger partial charge on any atom is -0.481 e. The van der Waals surface area contributed by atoms with E-state index in [1.165, 1.54) is 4.68 Å². The van der Waals surface area contributed by atoms with E-state index in [0.717, 1.165) is 20.9 Å². The maximum absolute atomic E-state index is 10.5. The lowest BCUT2D eigenvalue weighted by Crippen LogP contribution is -2.12. The molecule has 0 saturated carbocycles. The fourth-order valence-electron chi connectivity index (χ4n) is 1.30. The summed E-state index contributed by atoms with van der Waals surface area (Å²) in [7, 11) is 0. The number of thioether (sulfide) groups is 1. The number of hydrogen-bond donors (Lipinski definition) is 2. The van der Waals surface area contributed by atoms with Gasteiger partial charge in [0.1, 0.15) is 0 Å². The molecule has 0 spiro atoms. The van der Waals surface area contributed by atoms with Crippen molar-refractivity contribution in [2.75, 3.05) is 11.6 Å². The highest BCUT2D eigenvalue weighted by Gasteiger charge is 2.13. The van der Waals surface area contributed by atoms with Crippen LogP contribution in [0.4, 0.5) is 0 Å². The summed E-state index contributed by atoms with van der Waals surface area (Å²) in [6.07, 6.45) is 0. The maximum Gasteiger partial charge on any atom is 0.313 e. The predicted octanol–water partition coefficient (Wildman–Crippen LogP) is 1.44. The number of nitrogens with zero attached hydrogens (tertiary/aromatic N) is 3. The third-order valence-electron chi connectivity index (χ3n) is 2.09. The van der Waals surface area contributed by atoms with E-state index in [1.807, 2.05) is 24.3 Å². The second-order valence-corrected chi connectivity index (χ2v) is 5.55. The van der Waals surface area contributed by atoms with Crippen molar-refractivity contribution in [1.82, 2.24) is 14.9 Å². The molecule has 0 amide bonds. The van der Waals surface area contributed by atoms with Gasteiger partial charge in [-0.1, -0.05) is 23.9 Å². The summed E-state index contributed by atoms with van der Waals surface area (Å²) in [6.45, 7) is 0. The Morgan fingerprint density at radius 3 is 2.67 bits per heavy atom. The fraction of sp³-hybridized carbons (Fsp3) is 0.100. The first-order chi connectivity index (χ1) is 8.58. The molecule has 0 fully saturated rings. The SMILES string of the molecule is Nn1c(SCC(=O)O)nnc1-c1ccc(I)cc1. The van der Waals surface area contributed by atoms with Crippen LogP contribution >= 0.6 is 34.4 Å². The van der Waals surface area contributed by atoms with E-state index in [2.05, 4.69) is 32.8 Å². The highest BCUT2D eigenvalue weighted by Crippen LogP contribution is 2.22. The molecule has 0 saturated heterocycles. The molecule has 0 aliphatic rings. The van der Waals surface area contributed by atoms with Gasteiger partial charge in [-0.2, -0.15) is 0 Å². The van der Waals surface area contributed by atoms with Gasteiger partial charge in [-0.05, 0) is 34.7 Å². The number of hydrogen-bond acceptors (Lipinski definition) is 5. The van der Waals surface area contributed by atoms with Gasteiger partial charge in [0.25, 0.3) is 0 Å². The van der Waals surface area contributed by atoms with E-state index >= 15 is 0 Å². The summed E-state index contributed by atoms with van der Waals surface area (Å²) in [5.41, 5.74) is 0.840. The molecule has 1 aromatic carbocycles. The van der Waals surface area contributed by atoms with Gasteiger partial charge in [0.2, 0.25) is 5.16 Å². The van der Waals surface area contributed by atoms with Crippen LogP contribution in [0.3, 0.4) is 0 Å². The highest BCUT2D eigenvalue weighted by molar-refractivity contribution is 14.1. The number of aliphatic carboxylic acids is 1. The Morgan fingerprint density at radius 2 is 2.06 bits per heavy atom. The Balaban J connectivity index is 2.25. The molecule has 1 aromatic heterocycles. The Morgan fingerprint density at radius 1 is 1.39 bits per heavy atom. The molecule has 2 aromatic rings. The smallest absolute Gasteiger partial charge is 0.313 e. The lowest BCUT2D eigenvalue weighted by molar-refractivity contribution is -0.133. The molecule has 1 heterocycles. The van der Waals surface area contributed by atoms with E-state index in [1.54, 1.807) is 0 Å². The molecule has 3 N–H and O–H groups in total. The van der Waals surface area contributed by atoms with Gasteiger partial charge in [-0.25, -0.2) is 4.68 Å². The van der Waals surface area contributed by atoms with Crippen molar-refractivity contribution >= 4 is 40.3 Å². The molecule has 18 heavy (non-hydrogen) atoms. The molecular formula is C10H9IN4O2S. The average Bonchev–Trinajstić information content (AvgIpc) is 2.69. The molecule has 2 rings (SSSR count). The molecule has 0 unspecified atom stereocenters. The minimum absolute atomic E-state index is 0.0952. The second-order valence-electron chi connectivity index (χ2n) is 3.37. The monoisotopic (exact) mass is 376 g/mol. The van der Waals surface area contributed by atoms with Crippen LogP contribution in [-0.4, -0.2) is 31.7 Å². The first-order valence-corrected chi connectivity index (χ1v) is 6.95. The molecule has 0 aliphatic carbocycles. The fourth-order valence-corrected chi connectivity index (χ4v) is 2.23. The Labute approximate surface area is 121 Å². The van der Waals surface area contributed by atoms with Crippen molar-refractivity contribution in [3.05, 3.63) is 27.8 Å². The first-order valence-electron chi connectivity index (χ1n) is 4.89. The number of rotatable bonds is 4. The summed E-state index contributed by atoms with van der Waals surface area (Å²) in [5.74, 6) is 5.34. The summed E-state index contributed by atoms with van der Waals surface area (Å²) in [4.78, 5) is 10.5. The predicted molar refractivity (Wildman–Crippen MR) is 76.7 cm³/mol. The summed E-state index contributed by atoms with van der Waals surface area (Å²) < 4.78 is 2.41. The quantitative estimate of drug-likeness (QED) is 0.477. The van der Waals surface area contributed by atoms with Crippen molar-refractivity contribution in [2.24, 2.45) is 0 Å². The number of benzene rings is 1. The van der Waals surface area contributed by atoms with Gasteiger partial charge < -0.3 is 10.9 Å². The average molecular weight is 376 g/mol. The lowest BCUT2D eigenvalue weighted by atomic mass is 10.2. The van der Waals surface area contributed by atoms with Gasteiger partial charge in [-0.3, -0.25) is 4.79 Å². The number of carboxylic acid groups (broad SMARTS) is 1. The Hall–Kier alpha value is -1.29. The van der Waals surface area contributed by atoms with Crippen molar-refractivity contribution < 1.29 is 9.90 Å². The highest BCUT2D eigenvalue weighted by atomic mass is 127. The molecule has 94 valence electrons. The largest absolute Gasteiger partial charge is 0.481 e. The number of aromatic nitrogens is 3. The molecule has 0 atom stereocenters. The maximum atomic E-state index is 10.5. The minimum atomic E-state index is -0.918. The molecular weight excluding hydrogens is 367 g/mol. The summed E-state index contributed by atoms with van der Waals surface area (Å²) >= 11 is 3.24. The number of nitrogens with two attached hydrogens (primary N) is 1. The van der Waals surface area contributed by atoms with Crippen LogP contribution in [0.15, 0.2) is 29.4 Å². The molecule has 0 radical (unpaired) electrons. The number of carbonyl (C=O) groups is 1. The van der Waals surface area contributed by atoms with Crippen LogP contribution in [0.5, 0.6) is 0 Å². The van der Waals surface area contributed by atoms with Crippen molar-refractivity contribution in [1.29, 1.82) is 0 Å². The van der Waals surface area contributed by atoms with Crippen LogP contribution in [0, 0.1) is 3.57 Å². The van der Waals surface area contributed by atoms with E-state index < -0.39 is 5.97 Å². The van der Waals surface area contributed by atoms with Crippen LogP contribution in [0.25, 0.3) is 11.4 Å². The van der Waals surface area contributed by atoms with Gasteiger partial charge >= 0.3 is 5.97 Å². The Kier molecular flexibility index (Phi) is 4.07. The van der Waals surface area contributed by atoms with Crippen LogP contribution in [0.1, 0.15) is 0 Å². The van der Waals surface area contributed by atoms with Gasteiger partial charge in [0, 0.05) is 9.13 Å². The number of carboxylic acids is 1. The number of nitrogen functional groups attached to an aromatic ring is 1. The standard InChI is InChI=1S/C10H9IN4O2S/c11-7-3-1-6(2-4-7)9-13-14-10(15(9)12)18-5-8(16)17/h1-4H,5,12H2,(H,16,17). The zero-order chi connectivity index (χ0) is 13.1. The summed E-state index contributed by atoms with van der Waals surface area (Å²) in [5, 5.41) is 16.8. The number of halogens is 1. The van der Waals surface area contributed by atoms with Crippen LogP contribution in [0.2, 0.25) is 0 Å². The normalized spacial score (nSPS) is 10.5. The van der Waals surface area contributed by atoms with Crippen LogP contribution in [-0.2, 0) is 4.79 Å². The molecule has 6 nitrogen and oxygen atoms in total. The van der Waals surface area contributed by atoms with Crippen molar-refractivity contribution in [3.8, 4) is 11.4 Å². The van der Waals surface area contributed by atoms with Gasteiger partial charge in [0.05, 0.1) is 5.75 Å². The van der Waals surface area contributed by atoms with E-state index in [-0.39, 0.29) is 5.75 Å². The van der Waals surface area contributed by atoms with E-state index in [0.29, 0.717) is 11.0 Å². The first kappa shape index (κ1) is 13.1. The zero-order valence-corrected chi connectivity index (χ0v) is 12.1. The molecule has 8 heteroatoms. The van der Waals surface area contributed by atoms with Crippen molar-refractivity contribution in [2.45, 2.75) is 5.16 Å². The van der Waals surface area contributed by atoms with E-state index in [9.17, 15) is 4.79 Å². The molecule has 0 aliphatic heterocycles. The second kappa shape index (κ2) is 5.57. The van der Waals surface area contributed by atoms with Gasteiger partial charge in [-0.15, -0.1) is 10.2 Å². The Bertz CT molecular complexity index is 570. The topological polar surface area (TPSA) is 94.0 Å². The molecule has 0 bridgehead atoms. The summed E-state index contributed by atoms with van der Waals surface area (Å²) in [6, 6.07) is 7.66. The van der Waals surface area contributed by atoms with Crippen molar-refractivity contribution in [3.63, 3.8) is 0 Å². The third-order valence-corrected chi connectivity index (χ3v) is 3.74. The lowest BCUT2D eigenvalue weighted by Gasteiger charge is -2.02. The zero-order valence-electron chi connectivity index (χ0n) is 9.08. The van der Waals surface area contributed by atoms with Gasteiger partial charge in [0.15, 0.2) is 5.82 Å². The van der Waals surface area contributed by atoms with Crippen LogP contribution < -0.4 is 5.84 Å².